The Kier molecular flexibility index (Phi) is 3.37. The number of ether oxygens (including phenoxy) is 2. The van der Waals surface area contributed by atoms with Gasteiger partial charge in [-0.1, -0.05) is 6.07 Å². The Hall–Kier alpha value is -1.26. The molecule has 1 atom stereocenters. The summed E-state index contributed by atoms with van der Waals surface area (Å²) < 4.78 is 10.7. The van der Waals surface area contributed by atoms with Gasteiger partial charge >= 0.3 is 0 Å². The van der Waals surface area contributed by atoms with Crippen molar-refractivity contribution in [2.45, 2.75) is 44.2 Å². The highest BCUT2D eigenvalue weighted by atomic mass is 16.7. The summed E-state index contributed by atoms with van der Waals surface area (Å²) in [4.78, 5) is 0. The highest BCUT2D eigenvalue weighted by Gasteiger charge is 2.31. The van der Waals surface area contributed by atoms with E-state index >= 15 is 0 Å². The number of benzene rings is 1. The van der Waals surface area contributed by atoms with Gasteiger partial charge in [0.1, 0.15) is 0 Å². The third-order valence-electron chi connectivity index (χ3n) is 3.98. The predicted octanol–water partition coefficient (Wildman–Crippen LogP) is 1.82. The molecule has 2 aliphatic rings. The van der Waals surface area contributed by atoms with E-state index in [1.165, 1.54) is 18.4 Å². The van der Waals surface area contributed by atoms with E-state index in [2.05, 4.69) is 24.4 Å². The molecule has 0 aromatic heterocycles. The van der Waals surface area contributed by atoms with Crippen molar-refractivity contribution in [1.82, 2.24) is 5.32 Å². The van der Waals surface area contributed by atoms with E-state index in [0.29, 0.717) is 19.4 Å². The lowest BCUT2D eigenvalue weighted by molar-refractivity contribution is 0.174. The van der Waals surface area contributed by atoms with E-state index in [9.17, 15) is 0 Å². The number of nitrogens with two attached hydrogens (primary N) is 1. The molecule has 1 aliphatic carbocycles. The molecule has 1 aromatic rings. The van der Waals surface area contributed by atoms with E-state index in [0.717, 1.165) is 24.3 Å². The largest absolute Gasteiger partial charge is 0.454 e. The van der Waals surface area contributed by atoms with Gasteiger partial charge in [0, 0.05) is 18.1 Å². The summed E-state index contributed by atoms with van der Waals surface area (Å²) in [5.41, 5.74) is 7.25. The van der Waals surface area contributed by atoms with Gasteiger partial charge in [-0.2, -0.15) is 0 Å². The van der Waals surface area contributed by atoms with Crippen LogP contribution in [0.3, 0.4) is 0 Å². The average Bonchev–Trinajstić information content (AvgIpc) is 3.10. The molecule has 1 aliphatic heterocycles. The standard InChI is InChI=1S/C15H22N2O2/c1-15(9-16,17-12-3-4-12)7-6-11-2-5-13-14(8-11)19-10-18-13/h2,5,8,12,17H,3-4,6-7,9-10,16H2,1H3. The monoisotopic (exact) mass is 262 g/mol. The fourth-order valence-electron chi connectivity index (χ4n) is 2.47. The van der Waals surface area contributed by atoms with Crippen LogP contribution in [0, 0.1) is 0 Å². The number of aryl methyl sites for hydroxylation is 1. The first-order chi connectivity index (χ1) is 9.18. The fraction of sp³-hybridized carbons (Fsp3) is 0.600. The zero-order chi connectivity index (χ0) is 13.3. The number of rotatable bonds is 6. The fourth-order valence-corrected chi connectivity index (χ4v) is 2.47. The minimum atomic E-state index is 0.0392. The van der Waals surface area contributed by atoms with Gasteiger partial charge in [0.25, 0.3) is 0 Å². The minimum absolute atomic E-state index is 0.0392. The zero-order valence-corrected chi connectivity index (χ0v) is 11.4. The van der Waals surface area contributed by atoms with Crippen LogP contribution in [0.15, 0.2) is 18.2 Å². The van der Waals surface area contributed by atoms with E-state index in [1.807, 2.05) is 6.07 Å². The lowest BCUT2D eigenvalue weighted by Crippen LogP contribution is -2.50. The molecular weight excluding hydrogens is 240 g/mol. The first-order valence-corrected chi connectivity index (χ1v) is 7.05. The van der Waals surface area contributed by atoms with Crippen molar-refractivity contribution in [3.05, 3.63) is 23.8 Å². The first kappa shape index (κ1) is 12.8. The molecule has 1 saturated carbocycles. The molecule has 1 aromatic carbocycles. The SMILES string of the molecule is CC(CN)(CCc1ccc2c(c1)OCO2)NC1CC1. The molecule has 4 heteroatoms. The lowest BCUT2D eigenvalue weighted by atomic mass is 9.93. The summed E-state index contributed by atoms with van der Waals surface area (Å²) in [6, 6.07) is 6.87. The quantitative estimate of drug-likeness (QED) is 0.821. The van der Waals surface area contributed by atoms with Crippen LogP contribution in [0.4, 0.5) is 0 Å². The van der Waals surface area contributed by atoms with Crippen molar-refractivity contribution in [3.8, 4) is 11.5 Å². The van der Waals surface area contributed by atoms with Crippen molar-refractivity contribution in [2.24, 2.45) is 5.73 Å². The van der Waals surface area contributed by atoms with Crippen LogP contribution in [-0.4, -0.2) is 24.9 Å². The number of fused-ring (bicyclic) bond motifs is 1. The second-order valence-electron chi connectivity index (χ2n) is 5.87. The van der Waals surface area contributed by atoms with Gasteiger partial charge in [0.15, 0.2) is 11.5 Å². The molecule has 4 nitrogen and oxygen atoms in total. The third kappa shape index (κ3) is 3.01. The molecular formula is C15H22N2O2. The summed E-state index contributed by atoms with van der Waals surface area (Å²) in [5.74, 6) is 1.71. The Balaban J connectivity index is 1.61. The van der Waals surface area contributed by atoms with Crippen LogP contribution < -0.4 is 20.5 Å². The molecule has 0 amide bonds. The van der Waals surface area contributed by atoms with Crippen LogP contribution in [0.25, 0.3) is 0 Å². The Morgan fingerprint density at radius 1 is 1.32 bits per heavy atom. The number of hydrogen-bond acceptors (Lipinski definition) is 4. The van der Waals surface area contributed by atoms with Crippen molar-refractivity contribution in [2.75, 3.05) is 13.3 Å². The maximum atomic E-state index is 5.93. The van der Waals surface area contributed by atoms with Crippen molar-refractivity contribution < 1.29 is 9.47 Å². The topological polar surface area (TPSA) is 56.5 Å². The minimum Gasteiger partial charge on any atom is -0.454 e. The Morgan fingerprint density at radius 2 is 2.11 bits per heavy atom. The highest BCUT2D eigenvalue weighted by Crippen LogP contribution is 2.33. The van der Waals surface area contributed by atoms with E-state index < -0.39 is 0 Å². The van der Waals surface area contributed by atoms with Gasteiger partial charge in [-0.15, -0.1) is 0 Å². The average molecular weight is 262 g/mol. The van der Waals surface area contributed by atoms with Crippen molar-refractivity contribution in [3.63, 3.8) is 0 Å². The maximum Gasteiger partial charge on any atom is 0.231 e. The van der Waals surface area contributed by atoms with Gasteiger partial charge in [-0.25, -0.2) is 0 Å². The van der Waals surface area contributed by atoms with Gasteiger partial charge in [-0.05, 0) is 50.3 Å². The molecule has 1 unspecified atom stereocenters. The molecule has 3 rings (SSSR count). The predicted molar refractivity (Wildman–Crippen MR) is 74.5 cm³/mol. The van der Waals surface area contributed by atoms with Gasteiger partial charge in [0.05, 0.1) is 0 Å². The van der Waals surface area contributed by atoms with E-state index in [1.54, 1.807) is 0 Å². The van der Waals surface area contributed by atoms with Crippen LogP contribution in [0.2, 0.25) is 0 Å². The normalized spacial score (nSPS) is 20.3. The number of hydrogen-bond donors (Lipinski definition) is 2. The maximum absolute atomic E-state index is 5.93. The van der Waals surface area contributed by atoms with Crippen LogP contribution in [0.5, 0.6) is 11.5 Å². The van der Waals surface area contributed by atoms with Gasteiger partial charge in [0.2, 0.25) is 6.79 Å². The summed E-state index contributed by atoms with van der Waals surface area (Å²) in [6.07, 6.45) is 4.63. The van der Waals surface area contributed by atoms with E-state index in [4.69, 9.17) is 15.2 Å². The third-order valence-corrected chi connectivity index (χ3v) is 3.98. The zero-order valence-electron chi connectivity index (χ0n) is 11.4. The summed E-state index contributed by atoms with van der Waals surface area (Å²) in [6.45, 7) is 3.23. The highest BCUT2D eigenvalue weighted by molar-refractivity contribution is 5.44. The molecule has 0 radical (unpaired) electrons. The van der Waals surface area contributed by atoms with Gasteiger partial charge < -0.3 is 20.5 Å². The second-order valence-corrected chi connectivity index (χ2v) is 5.87. The van der Waals surface area contributed by atoms with Gasteiger partial charge in [-0.3, -0.25) is 0 Å². The second kappa shape index (κ2) is 5.02. The van der Waals surface area contributed by atoms with Crippen molar-refractivity contribution in [1.29, 1.82) is 0 Å². The summed E-state index contributed by atoms with van der Waals surface area (Å²) >= 11 is 0. The van der Waals surface area contributed by atoms with Crippen LogP contribution >= 0.6 is 0 Å². The van der Waals surface area contributed by atoms with E-state index in [-0.39, 0.29) is 5.54 Å². The Bertz CT molecular complexity index is 459. The Morgan fingerprint density at radius 3 is 2.84 bits per heavy atom. The van der Waals surface area contributed by atoms with Crippen molar-refractivity contribution >= 4 is 0 Å². The molecule has 0 bridgehead atoms. The lowest BCUT2D eigenvalue weighted by Gasteiger charge is -2.29. The number of nitrogens with one attached hydrogen (secondary N) is 1. The smallest absolute Gasteiger partial charge is 0.231 e. The summed E-state index contributed by atoms with van der Waals surface area (Å²) in [7, 11) is 0. The molecule has 1 heterocycles. The molecule has 3 N–H and O–H groups in total. The summed E-state index contributed by atoms with van der Waals surface area (Å²) in [5, 5.41) is 3.66. The molecule has 0 saturated heterocycles. The molecule has 0 spiro atoms. The molecule has 104 valence electrons. The van der Waals surface area contributed by atoms with Crippen LogP contribution in [-0.2, 0) is 6.42 Å². The van der Waals surface area contributed by atoms with Crippen LogP contribution in [0.1, 0.15) is 31.7 Å². The molecule has 19 heavy (non-hydrogen) atoms. The molecule has 1 fully saturated rings. The Labute approximate surface area is 114 Å². The first-order valence-electron chi connectivity index (χ1n) is 7.05.